The Bertz CT molecular complexity index is 608. The summed E-state index contributed by atoms with van der Waals surface area (Å²) in [4.78, 5) is 36.1. The molecule has 2 rings (SSSR count). The van der Waals surface area contributed by atoms with Gasteiger partial charge in [0.05, 0.1) is 24.7 Å². The summed E-state index contributed by atoms with van der Waals surface area (Å²) in [5.41, 5.74) is -0.717. The lowest BCUT2D eigenvalue weighted by atomic mass is 10.3. The van der Waals surface area contributed by atoms with Gasteiger partial charge >= 0.3 is 11.7 Å². The van der Waals surface area contributed by atoms with Crippen LogP contribution in [0.3, 0.4) is 0 Å². The molecule has 1 fully saturated rings. The number of amides is 1. The topological polar surface area (TPSA) is 117 Å². The van der Waals surface area contributed by atoms with Gasteiger partial charge in [-0.25, -0.2) is 4.79 Å². The van der Waals surface area contributed by atoms with Gasteiger partial charge in [0.15, 0.2) is 0 Å². The number of carbonyl (C=O) groups is 2. The minimum absolute atomic E-state index is 0.187. The van der Waals surface area contributed by atoms with Gasteiger partial charge in [-0.2, -0.15) is 5.10 Å². The van der Waals surface area contributed by atoms with Crippen molar-refractivity contribution in [3.8, 4) is 0 Å². The maximum Gasteiger partial charge on any atom is 0.330 e. The molecule has 1 unspecified atom stereocenters. The first-order chi connectivity index (χ1) is 11.0. The lowest BCUT2D eigenvalue weighted by Gasteiger charge is -2.25. The molecule has 126 valence electrons. The van der Waals surface area contributed by atoms with Crippen molar-refractivity contribution >= 4 is 17.6 Å². The zero-order chi connectivity index (χ0) is 17.0. The van der Waals surface area contributed by atoms with Crippen molar-refractivity contribution in [1.82, 2.24) is 14.7 Å². The van der Waals surface area contributed by atoms with Crippen LogP contribution in [0.5, 0.6) is 0 Å². The van der Waals surface area contributed by atoms with E-state index in [0.717, 1.165) is 10.9 Å². The van der Waals surface area contributed by atoms with Crippen LogP contribution >= 0.6 is 0 Å². The predicted molar refractivity (Wildman–Crippen MR) is 76.9 cm³/mol. The molecule has 1 aliphatic rings. The van der Waals surface area contributed by atoms with Crippen molar-refractivity contribution < 1.29 is 24.0 Å². The van der Waals surface area contributed by atoms with Gasteiger partial charge in [-0.05, 0) is 13.8 Å². The molecule has 0 spiro atoms. The highest BCUT2D eigenvalue weighted by atomic mass is 16.6. The third-order valence-electron chi connectivity index (χ3n) is 3.43. The van der Waals surface area contributed by atoms with Crippen molar-refractivity contribution in [2.24, 2.45) is 0 Å². The van der Waals surface area contributed by atoms with E-state index in [1.54, 1.807) is 6.92 Å². The van der Waals surface area contributed by atoms with E-state index < -0.39 is 28.5 Å². The summed E-state index contributed by atoms with van der Waals surface area (Å²) in [5.74, 6) is -1.12. The van der Waals surface area contributed by atoms with Crippen LogP contribution in [0.4, 0.5) is 5.69 Å². The molecule has 1 aromatic rings. The summed E-state index contributed by atoms with van der Waals surface area (Å²) < 4.78 is 11.1. The van der Waals surface area contributed by atoms with Crippen LogP contribution < -0.4 is 0 Å². The van der Waals surface area contributed by atoms with Crippen molar-refractivity contribution in [1.29, 1.82) is 0 Å². The fraction of sp³-hybridized carbons (Fsp3) is 0.615. The summed E-state index contributed by atoms with van der Waals surface area (Å²) in [6.07, 6.45) is 1.08. The number of nitro groups is 1. The second-order valence-electron chi connectivity index (χ2n) is 4.93. The summed E-state index contributed by atoms with van der Waals surface area (Å²) in [5, 5.41) is 15.1. The summed E-state index contributed by atoms with van der Waals surface area (Å²) in [6.45, 7) is 4.78. The standard InChI is InChI=1S/C13H18N4O6/c1-3-23-13(19)9(2)16-8-10(17(20)21)11(14-16)12(18)15-4-6-22-7-5-15/h8-9H,3-7H2,1-2H3. The molecule has 1 aliphatic heterocycles. The summed E-state index contributed by atoms with van der Waals surface area (Å²) in [6, 6.07) is -0.861. The van der Waals surface area contributed by atoms with Gasteiger partial charge in [0.1, 0.15) is 12.2 Å². The highest BCUT2D eigenvalue weighted by Crippen LogP contribution is 2.22. The molecule has 2 heterocycles. The van der Waals surface area contributed by atoms with Crippen LogP contribution in [-0.2, 0) is 14.3 Å². The average Bonchev–Trinajstić information content (AvgIpc) is 3.00. The number of morpholine rings is 1. The smallest absolute Gasteiger partial charge is 0.330 e. The first kappa shape index (κ1) is 16.9. The Balaban J connectivity index is 2.29. The zero-order valence-electron chi connectivity index (χ0n) is 12.9. The fourth-order valence-electron chi connectivity index (χ4n) is 2.15. The molecule has 0 radical (unpaired) electrons. The van der Waals surface area contributed by atoms with Crippen LogP contribution in [-0.4, -0.2) is 64.4 Å². The van der Waals surface area contributed by atoms with Gasteiger partial charge in [0.2, 0.25) is 5.69 Å². The maximum atomic E-state index is 12.4. The Morgan fingerprint density at radius 1 is 1.48 bits per heavy atom. The molecule has 1 aromatic heterocycles. The molecule has 1 atom stereocenters. The number of esters is 1. The monoisotopic (exact) mass is 326 g/mol. The second kappa shape index (κ2) is 7.18. The van der Waals surface area contributed by atoms with Crippen LogP contribution in [0.1, 0.15) is 30.4 Å². The SMILES string of the molecule is CCOC(=O)C(C)n1cc([N+](=O)[O-])c(C(=O)N2CCOCC2)n1. The zero-order valence-corrected chi connectivity index (χ0v) is 12.9. The lowest BCUT2D eigenvalue weighted by molar-refractivity contribution is -0.385. The van der Waals surface area contributed by atoms with Crippen molar-refractivity contribution in [3.63, 3.8) is 0 Å². The average molecular weight is 326 g/mol. The Morgan fingerprint density at radius 3 is 2.70 bits per heavy atom. The normalized spacial score (nSPS) is 16.0. The van der Waals surface area contributed by atoms with Gasteiger partial charge in [0.25, 0.3) is 5.91 Å². The first-order valence-electron chi connectivity index (χ1n) is 7.23. The summed E-state index contributed by atoms with van der Waals surface area (Å²) >= 11 is 0. The third kappa shape index (κ3) is 3.65. The van der Waals surface area contributed by atoms with Crippen LogP contribution in [0.25, 0.3) is 0 Å². The highest BCUT2D eigenvalue weighted by Gasteiger charge is 2.32. The van der Waals surface area contributed by atoms with E-state index >= 15 is 0 Å². The van der Waals surface area contributed by atoms with E-state index in [0.29, 0.717) is 26.3 Å². The van der Waals surface area contributed by atoms with Crippen LogP contribution in [0.15, 0.2) is 6.20 Å². The highest BCUT2D eigenvalue weighted by molar-refractivity contribution is 5.96. The molecule has 1 saturated heterocycles. The number of hydrogen-bond acceptors (Lipinski definition) is 7. The molecule has 0 aliphatic carbocycles. The van der Waals surface area contributed by atoms with Gasteiger partial charge < -0.3 is 14.4 Å². The first-order valence-corrected chi connectivity index (χ1v) is 7.23. The van der Waals surface area contributed by atoms with E-state index in [1.807, 2.05) is 0 Å². The number of aromatic nitrogens is 2. The Morgan fingerprint density at radius 2 is 2.13 bits per heavy atom. The molecule has 0 N–H and O–H groups in total. The summed E-state index contributed by atoms with van der Waals surface area (Å²) in [7, 11) is 0. The largest absolute Gasteiger partial charge is 0.464 e. The lowest BCUT2D eigenvalue weighted by Crippen LogP contribution is -2.41. The van der Waals surface area contributed by atoms with E-state index in [4.69, 9.17) is 9.47 Å². The van der Waals surface area contributed by atoms with E-state index in [1.165, 1.54) is 11.8 Å². The van der Waals surface area contributed by atoms with Crippen LogP contribution in [0, 0.1) is 10.1 Å². The van der Waals surface area contributed by atoms with E-state index in [-0.39, 0.29) is 12.3 Å². The maximum absolute atomic E-state index is 12.4. The molecule has 0 bridgehead atoms. The van der Waals surface area contributed by atoms with Crippen molar-refractivity contribution in [2.75, 3.05) is 32.9 Å². The molecule has 23 heavy (non-hydrogen) atoms. The predicted octanol–water partition coefficient (Wildman–Crippen LogP) is 0.388. The van der Waals surface area contributed by atoms with Crippen molar-refractivity contribution in [2.45, 2.75) is 19.9 Å². The molecular formula is C13H18N4O6. The number of rotatable bonds is 5. The van der Waals surface area contributed by atoms with Crippen LogP contribution in [0.2, 0.25) is 0 Å². The Kier molecular flexibility index (Phi) is 5.27. The van der Waals surface area contributed by atoms with Gasteiger partial charge in [-0.15, -0.1) is 0 Å². The molecule has 10 nitrogen and oxygen atoms in total. The second-order valence-corrected chi connectivity index (χ2v) is 4.93. The molecule has 0 saturated carbocycles. The van der Waals surface area contributed by atoms with Gasteiger partial charge in [0, 0.05) is 13.1 Å². The molecule has 10 heteroatoms. The van der Waals surface area contributed by atoms with E-state index in [2.05, 4.69) is 5.10 Å². The minimum atomic E-state index is -0.861. The Labute approximate surface area is 132 Å². The molecule has 1 amide bonds. The number of ether oxygens (including phenoxy) is 2. The number of hydrogen-bond donors (Lipinski definition) is 0. The van der Waals surface area contributed by atoms with E-state index in [9.17, 15) is 19.7 Å². The fourth-order valence-corrected chi connectivity index (χ4v) is 2.15. The van der Waals surface area contributed by atoms with Gasteiger partial charge in [-0.1, -0.05) is 0 Å². The molecule has 0 aromatic carbocycles. The minimum Gasteiger partial charge on any atom is -0.464 e. The molecular weight excluding hydrogens is 308 g/mol. The number of nitrogens with zero attached hydrogens (tertiary/aromatic N) is 4. The number of carbonyl (C=O) groups excluding carboxylic acids is 2. The quantitative estimate of drug-likeness (QED) is 0.436. The van der Waals surface area contributed by atoms with Crippen molar-refractivity contribution in [3.05, 3.63) is 22.0 Å². The Hall–Kier alpha value is -2.49. The third-order valence-corrected chi connectivity index (χ3v) is 3.43. The van der Waals surface area contributed by atoms with Gasteiger partial charge in [-0.3, -0.25) is 19.6 Å².